The minimum absolute atomic E-state index is 0.235. The van der Waals surface area contributed by atoms with Gasteiger partial charge in [-0.25, -0.2) is 0 Å². The number of ketones is 1. The van der Waals surface area contributed by atoms with Gasteiger partial charge in [-0.2, -0.15) is 0 Å². The van der Waals surface area contributed by atoms with Crippen molar-refractivity contribution >= 4 is 5.78 Å². The molecular formula is C9H11NO. The second-order valence-corrected chi connectivity index (χ2v) is 3.20. The zero-order chi connectivity index (χ0) is 7.84. The average Bonchev–Trinajstić information content (AvgIpc) is 2.33. The summed E-state index contributed by atoms with van der Waals surface area (Å²) in [6.07, 6.45) is 4.18. The Morgan fingerprint density at radius 2 is 2.36 bits per heavy atom. The Bertz CT molecular complexity index is 263. The molecule has 1 aliphatic heterocycles. The van der Waals surface area contributed by atoms with E-state index in [1.807, 2.05) is 6.08 Å². The lowest BCUT2D eigenvalue weighted by molar-refractivity contribution is -0.114. The van der Waals surface area contributed by atoms with Crippen molar-refractivity contribution in [3.8, 4) is 0 Å². The summed E-state index contributed by atoms with van der Waals surface area (Å²) in [6.45, 7) is 3.14. The Morgan fingerprint density at radius 1 is 1.55 bits per heavy atom. The number of rotatable bonds is 0. The summed E-state index contributed by atoms with van der Waals surface area (Å²) in [6, 6.07) is 0. The number of nitrogens with one attached hydrogen (secondary N) is 1. The van der Waals surface area contributed by atoms with Gasteiger partial charge in [0, 0.05) is 18.7 Å². The van der Waals surface area contributed by atoms with Crippen molar-refractivity contribution in [3.05, 3.63) is 23.4 Å². The highest BCUT2D eigenvalue weighted by Crippen LogP contribution is 2.26. The molecule has 0 radical (unpaired) electrons. The molecule has 1 unspecified atom stereocenters. The fourth-order valence-corrected chi connectivity index (χ4v) is 1.62. The first-order valence-corrected chi connectivity index (χ1v) is 3.95. The summed E-state index contributed by atoms with van der Waals surface area (Å²) in [5, 5.41) is 3.27. The predicted molar refractivity (Wildman–Crippen MR) is 43.0 cm³/mol. The van der Waals surface area contributed by atoms with Crippen molar-refractivity contribution in [3.63, 3.8) is 0 Å². The van der Waals surface area contributed by atoms with Gasteiger partial charge in [0.25, 0.3) is 0 Å². The SMILES string of the molecule is CC1CNC2=C1CC(=O)C=C2. The number of allylic oxidation sites excluding steroid dienone is 2. The molecule has 58 valence electrons. The molecule has 0 aromatic rings. The maximum Gasteiger partial charge on any atom is 0.159 e. The van der Waals surface area contributed by atoms with Crippen molar-refractivity contribution < 1.29 is 4.79 Å². The second-order valence-electron chi connectivity index (χ2n) is 3.20. The first-order chi connectivity index (χ1) is 5.27. The fourth-order valence-electron chi connectivity index (χ4n) is 1.62. The van der Waals surface area contributed by atoms with Crippen LogP contribution in [0.25, 0.3) is 0 Å². The van der Waals surface area contributed by atoms with Crippen LogP contribution >= 0.6 is 0 Å². The Kier molecular flexibility index (Phi) is 1.34. The topological polar surface area (TPSA) is 29.1 Å². The standard InChI is InChI=1S/C9H11NO/c1-6-5-10-9-3-2-7(11)4-8(6)9/h2-3,6,10H,4-5H2,1H3. The van der Waals surface area contributed by atoms with Crippen molar-refractivity contribution in [2.24, 2.45) is 5.92 Å². The summed E-state index contributed by atoms with van der Waals surface area (Å²) >= 11 is 0. The lowest BCUT2D eigenvalue weighted by Crippen LogP contribution is -2.08. The quantitative estimate of drug-likeness (QED) is 0.557. The van der Waals surface area contributed by atoms with E-state index in [0.29, 0.717) is 12.3 Å². The van der Waals surface area contributed by atoms with Gasteiger partial charge in [0.2, 0.25) is 0 Å². The van der Waals surface area contributed by atoms with Crippen LogP contribution in [0, 0.1) is 5.92 Å². The molecule has 2 heteroatoms. The zero-order valence-corrected chi connectivity index (χ0v) is 6.55. The highest BCUT2D eigenvalue weighted by Gasteiger charge is 2.23. The molecular weight excluding hydrogens is 138 g/mol. The van der Waals surface area contributed by atoms with Crippen molar-refractivity contribution in [1.82, 2.24) is 5.32 Å². The summed E-state index contributed by atoms with van der Waals surface area (Å²) < 4.78 is 0. The molecule has 0 amide bonds. The number of hydrogen-bond acceptors (Lipinski definition) is 2. The van der Waals surface area contributed by atoms with Crippen molar-refractivity contribution in [2.75, 3.05) is 6.54 Å². The summed E-state index contributed by atoms with van der Waals surface area (Å²) in [5.74, 6) is 0.776. The molecule has 0 aromatic heterocycles. The highest BCUT2D eigenvalue weighted by molar-refractivity contribution is 5.93. The normalized spacial score (nSPS) is 28.8. The van der Waals surface area contributed by atoms with E-state index >= 15 is 0 Å². The van der Waals surface area contributed by atoms with Crippen LogP contribution < -0.4 is 5.32 Å². The van der Waals surface area contributed by atoms with E-state index in [2.05, 4.69) is 12.2 Å². The maximum absolute atomic E-state index is 11.0. The van der Waals surface area contributed by atoms with E-state index < -0.39 is 0 Å². The summed E-state index contributed by atoms with van der Waals surface area (Å²) in [4.78, 5) is 11.0. The number of carbonyl (C=O) groups is 1. The molecule has 0 bridgehead atoms. The van der Waals surface area contributed by atoms with E-state index in [0.717, 1.165) is 6.54 Å². The molecule has 11 heavy (non-hydrogen) atoms. The van der Waals surface area contributed by atoms with Gasteiger partial charge in [0.1, 0.15) is 0 Å². The summed E-state index contributed by atoms with van der Waals surface area (Å²) in [5.41, 5.74) is 2.47. The Labute approximate surface area is 66.0 Å². The van der Waals surface area contributed by atoms with E-state index in [1.165, 1.54) is 11.3 Å². The molecule has 0 saturated heterocycles. The van der Waals surface area contributed by atoms with Crippen LogP contribution in [0.3, 0.4) is 0 Å². The van der Waals surface area contributed by atoms with Crippen LogP contribution in [-0.4, -0.2) is 12.3 Å². The van der Waals surface area contributed by atoms with Crippen LogP contribution in [0.15, 0.2) is 23.4 Å². The average molecular weight is 149 g/mol. The van der Waals surface area contributed by atoms with E-state index in [-0.39, 0.29) is 5.78 Å². The minimum Gasteiger partial charge on any atom is -0.384 e. The predicted octanol–water partition coefficient (Wildman–Crippen LogP) is 1.01. The van der Waals surface area contributed by atoms with Gasteiger partial charge in [-0.05, 0) is 23.6 Å². The number of hydrogen-bond donors (Lipinski definition) is 1. The third-order valence-electron chi connectivity index (χ3n) is 2.34. The van der Waals surface area contributed by atoms with Gasteiger partial charge in [0.05, 0.1) is 0 Å². The molecule has 1 heterocycles. The van der Waals surface area contributed by atoms with Crippen molar-refractivity contribution in [2.45, 2.75) is 13.3 Å². The first-order valence-electron chi connectivity index (χ1n) is 3.95. The van der Waals surface area contributed by atoms with Gasteiger partial charge in [0.15, 0.2) is 5.78 Å². The van der Waals surface area contributed by atoms with E-state index in [4.69, 9.17) is 0 Å². The highest BCUT2D eigenvalue weighted by atomic mass is 16.1. The number of carbonyl (C=O) groups excluding carboxylic acids is 1. The van der Waals surface area contributed by atoms with Crippen LogP contribution in [0.1, 0.15) is 13.3 Å². The minimum atomic E-state index is 0.235. The Hall–Kier alpha value is -1.05. The molecule has 1 aliphatic carbocycles. The molecule has 1 atom stereocenters. The van der Waals surface area contributed by atoms with Crippen molar-refractivity contribution in [1.29, 1.82) is 0 Å². The molecule has 2 rings (SSSR count). The van der Waals surface area contributed by atoms with Gasteiger partial charge >= 0.3 is 0 Å². The molecule has 0 aromatic carbocycles. The van der Waals surface area contributed by atoms with Crippen LogP contribution in [0.5, 0.6) is 0 Å². The van der Waals surface area contributed by atoms with E-state index in [1.54, 1.807) is 6.08 Å². The van der Waals surface area contributed by atoms with Gasteiger partial charge < -0.3 is 5.32 Å². The van der Waals surface area contributed by atoms with Gasteiger partial charge in [-0.15, -0.1) is 0 Å². The third kappa shape index (κ3) is 0.985. The molecule has 0 saturated carbocycles. The molecule has 0 spiro atoms. The van der Waals surface area contributed by atoms with Gasteiger partial charge in [-0.1, -0.05) is 6.92 Å². The van der Waals surface area contributed by atoms with Gasteiger partial charge in [-0.3, -0.25) is 4.79 Å². The maximum atomic E-state index is 11.0. The van der Waals surface area contributed by atoms with Crippen LogP contribution in [0.2, 0.25) is 0 Å². The Morgan fingerprint density at radius 3 is 3.18 bits per heavy atom. The molecule has 2 aliphatic rings. The largest absolute Gasteiger partial charge is 0.384 e. The third-order valence-corrected chi connectivity index (χ3v) is 2.34. The smallest absolute Gasteiger partial charge is 0.159 e. The second kappa shape index (κ2) is 2.22. The molecule has 1 N–H and O–H groups in total. The lowest BCUT2D eigenvalue weighted by Gasteiger charge is -2.08. The summed E-state index contributed by atoms with van der Waals surface area (Å²) in [7, 11) is 0. The van der Waals surface area contributed by atoms with Crippen LogP contribution in [-0.2, 0) is 4.79 Å². The molecule has 2 nitrogen and oxygen atoms in total. The Balaban J connectivity index is 2.32. The van der Waals surface area contributed by atoms with Crippen LogP contribution in [0.4, 0.5) is 0 Å². The van der Waals surface area contributed by atoms with E-state index in [9.17, 15) is 4.79 Å². The zero-order valence-electron chi connectivity index (χ0n) is 6.55. The fraction of sp³-hybridized carbons (Fsp3) is 0.444. The lowest BCUT2D eigenvalue weighted by atomic mass is 9.94. The molecule has 0 fully saturated rings. The first kappa shape index (κ1) is 6.65. The monoisotopic (exact) mass is 149 g/mol.